The SMILES string of the molecule is N#Cc1cc(C#N)cc(C#N)c1.[Cu+]. The molecule has 3 nitrogen and oxygen atoms in total. The van der Waals surface area contributed by atoms with Crippen LogP contribution in [-0.4, -0.2) is 0 Å². The Balaban J connectivity index is 0.00000144. The van der Waals surface area contributed by atoms with Crippen molar-refractivity contribution in [1.29, 1.82) is 15.8 Å². The third-order valence-corrected chi connectivity index (χ3v) is 1.32. The molecule has 0 radical (unpaired) electrons. The summed E-state index contributed by atoms with van der Waals surface area (Å²) in [7, 11) is 0. The average molecular weight is 217 g/mol. The quantitative estimate of drug-likeness (QED) is 0.614. The molecule has 0 aliphatic rings. The normalized spacial score (nSPS) is 7.15. The predicted molar refractivity (Wildman–Crippen MR) is 40.6 cm³/mol. The Morgan fingerprint density at radius 3 is 1.08 bits per heavy atom. The molecule has 0 aliphatic heterocycles. The first kappa shape index (κ1) is 11.2. The minimum Gasteiger partial charge on any atom is -0.192 e. The summed E-state index contributed by atoms with van der Waals surface area (Å²) in [6.07, 6.45) is 0. The van der Waals surface area contributed by atoms with Gasteiger partial charge in [-0.1, -0.05) is 0 Å². The van der Waals surface area contributed by atoms with E-state index in [1.165, 1.54) is 18.2 Å². The first-order chi connectivity index (χ1) is 5.80. The van der Waals surface area contributed by atoms with E-state index in [1.807, 2.05) is 18.2 Å². The van der Waals surface area contributed by atoms with E-state index in [2.05, 4.69) is 0 Å². The molecule has 0 saturated heterocycles. The largest absolute Gasteiger partial charge is 1.00 e. The van der Waals surface area contributed by atoms with Gasteiger partial charge in [0.2, 0.25) is 0 Å². The van der Waals surface area contributed by atoms with Crippen LogP contribution >= 0.6 is 0 Å². The van der Waals surface area contributed by atoms with Crippen molar-refractivity contribution >= 4 is 0 Å². The van der Waals surface area contributed by atoms with Gasteiger partial charge < -0.3 is 0 Å². The van der Waals surface area contributed by atoms with Gasteiger partial charge in [-0.25, -0.2) is 0 Å². The Morgan fingerprint density at radius 2 is 0.923 bits per heavy atom. The summed E-state index contributed by atoms with van der Waals surface area (Å²) < 4.78 is 0. The monoisotopic (exact) mass is 216 g/mol. The van der Waals surface area contributed by atoms with Crippen molar-refractivity contribution in [2.24, 2.45) is 0 Å². The average Bonchev–Trinajstić information content (AvgIpc) is 2.16. The topological polar surface area (TPSA) is 71.4 Å². The molecular weight excluding hydrogens is 214 g/mol. The zero-order chi connectivity index (χ0) is 8.97. The minimum absolute atomic E-state index is 0. The summed E-state index contributed by atoms with van der Waals surface area (Å²) in [4.78, 5) is 0. The van der Waals surface area contributed by atoms with Crippen LogP contribution in [0.1, 0.15) is 16.7 Å². The van der Waals surface area contributed by atoms with Crippen molar-refractivity contribution in [3.05, 3.63) is 34.9 Å². The van der Waals surface area contributed by atoms with Crippen LogP contribution in [0.5, 0.6) is 0 Å². The van der Waals surface area contributed by atoms with Gasteiger partial charge in [-0.15, -0.1) is 0 Å². The van der Waals surface area contributed by atoms with E-state index in [1.54, 1.807) is 0 Å². The molecule has 0 unspecified atom stereocenters. The van der Waals surface area contributed by atoms with E-state index in [0.29, 0.717) is 16.7 Å². The fourth-order valence-electron chi connectivity index (χ4n) is 0.821. The summed E-state index contributed by atoms with van der Waals surface area (Å²) in [5, 5.41) is 25.5. The van der Waals surface area contributed by atoms with Gasteiger partial charge in [-0.2, -0.15) is 15.8 Å². The second-order valence-electron chi connectivity index (χ2n) is 2.13. The third kappa shape index (κ3) is 2.62. The summed E-state index contributed by atoms with van der Waals surface area (Å²) in [5.74, 6) is 0. The maximum absolute atomic E-state index is 8.51. The second kappa shape index (κ2) is 4.96. The Bertz CT molecular complexity index is 353. The molecule has 13 heavy (non-hydrogen) atoms. The molecule has 64 valence electrons. The minimum atomic E-state index is 0. The third-order valence-electron chi connectivity index (χ3n) is 1.32. The summed E-state index contributed by atoms with van der Waals surface area (Å²) in [6, 6.07) is 9.96. The van der Waals surface area contributed by atoms with Crippen molar-refractivity contribution < 1.29 is 17.1 Å². The number of nitriles is 3. The van der Waals surface area contributed by atoms with Crippen molar-refractivity contribution in [2.75, 3.05) is 0 Å². The van der Waals surface area contributed by atoms with E-state index >= 15 is 0 Å². The molecule has 0 heterocycles. The molecule has 0 saturated carbocycles. The molecular formula is C9H3CuN3+. The van der Waals surface area contributed by atoms with Gasteiger partial charge >= 0.3 is 17.1 Å². The van der Waals surface area contributed by atoms with E-state index in [4.69, 9.17) is 15.8 Å². The maximum atomic E-state index is 8.51. The zero-order valence-corrected chi connectivity index (χ0v) is 7.32. The van der Waals surface area contributed by atoms with Gasteiger partial charge in [0.15, 0.2) is 0 Å². The molecule has 1 aromatic rings. The molecule has 1 aromatic carbocycles. The standard InChI is InChI=1S/C9H3N3.Cu/c10-4-7-1-8(5-11)3-9(2-7)6-12;/h1-3H;/q;+1. The van der Waals surface area contributed by atoms with E-state index < -0.39 is 0 Å². The van der Waals surface area contributed by atoms with E-state index in [-0.39, 0.29) is 17.1 Å². The Hall–Kier alpha value is -1.79. The molecule has 0 spiro atoms. The molecule has 0 aliphatic carbocycles. The second-order valence-corrected chi connectivity index (χ2v) is 2.13. The van der Waals surface area contributed by atoms with Gasteiger partial charge in [0.25, 0.3) is 0 Å². The molecule has 0 bridgehead atoms. The van der Waals surface area contributed by atoms with Crippen molar-refractivity contribution in [3.63, 3.8) is 0 Å². The van der Waals surface area contributed by atoms with Gasteiger partial charge in [0, 0.05) is 0 Å². The van der Waals surface area contributed by atoms with Gasteiger partial charge in [0.05, 0.1) is 34.9 Å². The van der Waals surface area contributed by atoms with Crippen LogP contribution in [0.4, 0.5) is 0 Å². The molecule has 1 rings (SSSR count). The van der Waals surface area contributed by atoms with Crippen molar-refractivity contribution in [1.82, 2.24) is 0 Å². The van der Waals surface area contributed by atoms with Crippen LogP contribution in [0, 0.1) is 34.0 Å². The summed E-state index contributed by atoms with van der Waals surface area (Å²) in [5.41, 5.74) is 1.02. The van der Waals surface area contributed by atoms with Crippen LogP contribution in [0.25, 0.3) is 0 Å². The fourth-order valence-corrected chi connectivity index (χ4v) is 0.821. The van der Waals surface area contributed by atoms with Crippen LogP contribution < -0.4 is 0 Å². The van der Waals surface area contributed by atoms with Crippen LogP contribution in [0.3, 0.4) is 0 Å². The van der Waals surface area contributed by atoms with Crippen LogP contribution in [-0.2, 0) is 17.1 Å². The molecule has 0 N–H and O–H groups in total. The number of rotatable bonds is 0. The number of nitrogens with zero attached hydrogens (tertiary/aromatic N) is 3. The van der Waals surface area contributed by atoms with E-state index in [9.17, 15) is 0 Å². The Labute approximate surface area is 86.3 Å². The van der Waals surface area contributed by atoms with Crippen molar-refractivity contribution in [3.8, 4) is 18.2 Å². The molecule has 0 aromatic heterocycles. The summed E-state index contributed by atoms with van der Waals surface area (Å²) in [6.45, 7) is 0. The number of hydrogen-bond acceptors (Lipinski definition) is 3. The molecule has 0 fully saturated rings. The van der Waals surface area contributed by atoms with Gasteiger partial charge in [0.1, 0.15) is 0 Å². The summed E-state index contributed by atoms with van der Waals surface area (Å²) >= 11 is 0. The smallest absolute Gasteiger partial charge is 0.192 e. The fraction of sp³-hybridized carbons (Fsp3) is 0. The number of benzene rings is 1. The predicted octanol–water partition coefficient (Wildman–Crippen LogP) is 1.30. The first-order valence-electron chi connectivity index (χ1n) is 3.15. The molecule has 4 heteroatoms. The van der Waals surface area contributed by atoms with Gasteiger partial charge in [-0.3, -0.25) is 0 Å². The van der Waals surface area contributed by atoms with Crippen LogP contribution in [0.2, 0.25) is 0 Å². The van der Waals surface area contributed by atoms with Gasteiger partial charge in [-0.05, 0) is 18.2 Å². The number of hydrogen-bond donors (Lipinski definition) is 0. The Morgan fingerprint density at radius 1 is 0.692 bits per heavy atom. The molecule has 0 amide bonds. The Kier molecular flexibility index (Phi) is 4.28. The zero-order valence-electron chi connectivity index (χ0n) is 6.38. The van der Waals surface area contributed by atoms with Crippen LogP contribution in [0.15, 0.2) is 18.2 Å². The van der Waals surface area contributed by atoms with E-state index in [0.717, 1.165) is 0 Å². The first-order valence-corrected chi connectivity index (χ1v) is 3.15. The maximum Gasteiger partial charge on any atom is 1.00 e. The molecule has 0 atom stereocenters. The van der Waals surface area contributed by atoms with Crippen molar-refractivity contribution in [2.45, 2.75) is 0 Å².